The minimum Gasteiger partial charge on any atom is -0.490 e. The van der Waals surface area contributed by atoms with Crippen molar-refractivity contribution in [2.24, 2.45) is 0 Å². The number of anilines is 1. The van der Waals surface area contributed by atoms with Gasteiger partial charge in [0, 0.05) is 43.6 Å². The van der Waals surface area contributed by atoms with Crippen LogP contribution in [0.5, 0.6) is 11.6 Å². The number of benzene rings is 1. The highest BCUT2D eigenvalue weighted by Crippen LogP contribution is 2.37. The Morgan fingerprint density at radius 1 is 1.19 bits per heavy atom. The number of aromatic nitrogens is 1. The summed E-state index contributed by atoms with van der Waals surface area (Å²) in [6, 6.07) is 6.14. The third kappa shape index (κ3) is 6.46. The van der Waals surface area contributed by atoms with Crippen molar-refractivity contribution >= 4 is 15.7 Å². The fourth-order valence-electron chi connectivity index (χ4n) is 4.31. The largest absolute Gasteiger partial charge is 0.490 e. The first kappa shape index (κ1) is 26.6. The minimum atomic E-state index is -3.64. The molecule has 36 heavy (non-hydrogen) atoms. The van der Waals surface area contributed by atoms with Crippen LogP contribution in [-0.4, -0.2) is 83.3 Å². The number of ether oxygens (including phenoxy) is 5. The van der Waals surface area contributed by atoms with Crippen LogP contribution in [0.1, 0.15) is 25.0 Å². The Morgan fingerprint density at radius 3 is 2.78 bits per heavy atom. The summed E-state index contributed by atoms with van der Waals surface area (Å²) in [7, 11) is -0.735. The van der Waals surface area contributed by atoms with Crippen molar-refractivity contribution in [2.75, 3.05) is 57.6 Å². The molecule has 0 saturated carbocycles. The van der Waals surface area contributed by atoms with Gasteiger partial charge in [-0.2, -0.15) is 0 Å². The van der Waals surface area contributed by atoms with Gasteiger partial charge in [-0.05, 0) is 43.2 Å². The quantitative estimate of drug-likeness (QED) is 0.477. The van der Waals surface area contributed by atoms with E-state index in [2.05, 4.69) is 28.5 Å². The lowest BCUT2D eigenvalue weighted by Crippen LogP contribution is -2.47. The number of hydrogen-bond donors (Lipinski definition) is 1. The third-order valence-electron chi connectivity index (χ3n) is 6.33. The van der Waals surface area contributed by atoms with Crippen LogP contribution in [0.3, 0.4) is 0 Å². The van der Waals surface area contributed by atoms with Gasteiger partial charge in [-0.25, -0.2) is 13.4 Å². The maximum absolute atomic E-state index is 12.5. The normalized spacial score (nSPS) is 18.3. The molecule has 1 saturated heterocycles. The van der Waals surface area contributed by atoms with Gasteiger partial charge in [0.25, 0.3) is 0 Å². The number of nitrogens with zero attached hydrogens (tertiary/aromatic N) is 2. The fourth-order valence-corrected chi connectivity index (χ4v) is 5.28. The van der Waals surface area contributed by atoms with Crippen LogP contribution in [0.2, 0.25) is 0 Å². The molecule has 0 amide bonds. The summed E-state index contributed by atoms with van der Waals surface area (Å²) < 4.78 is 55.6. The molecule has 198 valence electrons. The highest BCUT2D eigenvalue weighted by molar-refractivity contribution is 7.92. The molecule has 3 heterocycles. The van der Waals surface area contributed by atoms with Crippen molar-refractivity contribution in [3.63, 3.8) is 0 Å². The Balaban J connectivity index is 1.58. The third-order valence-corrected chi connectivity index (χ3v) is 7.57. The molecule has 11 heteroatoms. The molecular formula is C25H35N3O7S. The van der Waals surface area contributed by atoms with Gasteiger partial charge in [-0.3, -0.25) is 9.62 Å². The zero-order valence-corrected chi connectivity index (χ0v) is 22.1. The van der Waals surface area contributed by atoms with Gasteiger partial charge in [0.1, 0.15) is 24.1 Å². The lowest BCUT2D eigenvalue weighted by atomic mass is 10.0. The number of pyridine rings is 1. The molecule has 2 aromatic rings. The second-order valence-corrected chi connectivity index (χ2v) is 11.0. The number of methoxy groups -OCH3 is 2. The number of sulfonamides is 1. The van der Waals surface area contributed by atoms with E-state index in [-0.39, 0.29) is 30.0 Å². The Morgan fingerprint density at radius 2 is 2.03 bits per heavy atom. The molecule has 4 rings (SSSR count). The van der Waals surface area contributed by atoms with Gasteiger partial charge < -0.3 is 23.7 Å². The summed E-state index contributed by atoms with van der Waals surface area (Å²) in [5.41, 5.74) is 3.88. The van der Waals surface area contributed by atoms with Gasteiger partial charge in [-0.1, -0.05) is 0 Å². The van der Waals surface area contributed by atoms with E-state index in [4.69, 9.17) is 23.7 Å². The van der Waals surface area contributed by atoms with Crippen molar-refractivity contribution in [1.29, 1.82) is 0 Å². The minimum absolute atomic E-state index is 0.0152. The molecule has 0 bridgehead atoms. The van der Waals surface area contributed by atoms with Crippen LogP contribution < -0.4 is 14.2 Å². The standard InChI is InChI=1S/C25H35N3O7S/c1-17(2)28-5-6-34-21(13-28)15-35-24-11-18(9-20-14-33-16-22(20)24)19-10-23(25(32-4)26-12-19)27-36(29,30)8-7-31-3/h9-12,17,21,27H,5-8,13-16H2,1-4H3/t21-/m1/s1. The van der Waals surface area contributed by atoms with Gasteiger partial charge in [-0.15, -0.1) is 0 Å². The molecular weight excluding hydrogens is 486 g/mol. The van der Waals surface area contributed by atoms with E-state index in [9.17, 15) is 8.42 Å². The Kier molecular flexibility index (Phi) is 8.68. The zero-order valence-electron chi connectivity index (χ0n) is 21.3. The van der Waals surface area contributed by atoms with Gasteiger partial charge >= 0.3 is 0 Å². The predicted molar refractivity (Wildman–Crippen MR) is 136 cm³/mol. The number of rotatable bonds is 11. The summed E-state index contributed by atoms with van der Waals surface area (Å²) in [4.78, 5) is 6.72. The molecule has 0 spiro atoms. The molecule has 1 aromatic carbocycles. The summed E-state index contributed by atoms with van der Waals surface area (Å²) in [5.74, 6) is 0.746. The number of fused-ring (bicyclic) bond motifs is 1. The lowest BCUT2D eigenvalue weighted by Gasteiger charge is -2.35. The molecule has 0 unspecified atom stereocenters. The van der Waals surface area contributed by atoms with Crippen LogP contribution in [-0.2, 0) is 37.4 Å². The van der Waals surface area contributed by atoms with E-state index in [0.29, 0.717) is 32.5 Å². The van der Waals surface area contributed by atoms with Crippen LogP contribution in [0.4, 0.5) is 5.69 Å². The smallest absolute Gasteiger partial charge is 0.238 e. The average Bonchev–Trinajstić information content (AvgIpc) is 3.35. The number of hydrogen-bond acceptors (Lipinski definition) is 9. The van der Waals surface area contributed by atoms with Crippen LogP contribution >= 0.6 is 0 Å². The lowest BCUT2D eigenvalue weighted by molar-refractivity contribution is -0.0566. The molecule has 2 aliphatic rings. The highest BCUT2D eigenvalue weighted by Gasteiger charge is 2.25. The Hall–Kier alpha value is -2.44. The molecule has 1 aromatic heterocycles. The van der Waals surface area contributed by atoms with E-state index in [0.717, 1.165) is 41.1 Å². The van der Waals surface area contributed by atoms with Crippen molar-refractivity contribution in [3.8, 4) is 22.8 Å². The number of morpholine rings is 1. The molecule has 1 N–H and O–H groups in total. The SMILES string of the molecule is COCCS(=O)(=O)Nc1cc(-c2cc3c(c(OC[C@H]4CN(C(C)C)CCO4)c2)COC3)cnc1OC. The first-order valence-electron chi connectivity index (χ1n) is 12.1. The summed E-state index contributed by atoms with van der Waals surface area (Å²) in [6.07, 6.45) is 1.64. The van der Waals surface area contributed by atoms with E-state index in [1.54, 1.807) is 12.3 Å². The topological polar surface area (TPSA) is 108 Å². The van der Waals surface area contributed by atoms with Crippen molar-refractivity contribution in [3.05, 3.63) is 35.5 Å². The van der Waals surface area contributed by atoms with Gasteiger partial charge in [0.2, 0.25) is 15.9 Å². The maximum Gasteiger partial charge on any atom is 0.238 e. The van der Waals surface area contributed by atoms with Gasteiger partial charge in [0.15, 0.2) is 0 Å². The van der Waals surface area contributed by atoms with Crippen molar-refractivity contribution < 1.29 is 32.1 Å². The number of nitrogens with one attached hydrogen (secondary N) is 1. The first-order valence-corrected chi connectivity index (χ1v) is 13.7. The van der Waals surface area contributed by atoms with E-state index < -0.39 is 10.0 Å². The van der Waals surface area contributed by atoms with Gasteiger partial charge in [0.05, 0.1) is 39.3 Å². The second kappa shape index (κ2) is 11.7. The van der Waals surface area contributed by atoms with Crippen LogP contribution in [0.25, 0.3) is 11.1 Å². The Bertz CT molecular complexity index is 1160. The van der Waals surface area contributed by atoms with Crippen molar-refractivity contribution in [1.82, 2.24) is 9.88 Å². The Labute approximate surface area is 212 Å². The van der Waals surface area contributed by atoms with Crippen LogP contribution in [0, 0.1) is 0 Å². The summed E-state index contributed by atoms with van der Waals surface area (Å²) >= 11 is 0. The second-order valence-electron chi connectivity index (χ2n) is 9.19. The molecule has 0 aliphatic carbocycles. The average molecular weight is 522 g/mol. The monoisotopic (exact) mass is 521 g/mol. The van der Waals surface area contributed by atoms with Crippen molar-refractivity contribution in [2.45, 2.75) is 39.2 Å². The van der Waals surface area contributed by atoms with E-state index >= 15 is 0 Å². The molecule has 10 nitrogen and oxygen atoms in total. The first-order chi connectivity index (χ1) is 17.3. The molecule has 1 atom stereocenters. The van der Waals surface area contributed by atoms with Crippen LogP contribution in [0.15, 0.2) is 24.4 Å². The summed E-state index contributed by atoms with van der Waals surface area (Å²) in [5, 5.41) is 0. The van der Waals surface area contributed by atoms with E-state index in [1.807, 2.05) is 12.1 Å². The van der Waals surface area contributed by atoms with E-state index in [1.165, 1.54) is 14.2 Å². The maximum atomic E-state index is 12.5. The molecule has 2 aliphatic heterocycles. The zero-order chi connectivity index (χ0) is 25.7. The highest BCUT2D eigenvalue weighted by atomic mass is 32.2. The fraction of sp³-hybridized carbons (Fsp3) is 0.560. The summed E-state index contributed by atoms with van der Waals surface area (Å²) in [6.45, 7) is 8.30. The molecule has 1 fully saturated rings. The molecule has 0 radical (unpaired) electrons. The predicted octanol–water partition coefficient (Wildman–Crippen LogP) is 2.66.